The monoisotopic (exact) mass is 265 g/mol. The van der Waals surface area contributed by atoms with Crippen LogP contribution in [0.4, 0.5) is 0 Å². The molecular weight excluding hydrogens is 250 g/mol. The Morgan fingerprint density at radius 2 is 1.67 bits per heavy atom. The molecule has 0 radical (unpaired) electrons. The van der Waals surface area contributed by atoms with Gasteiger partial charge in [-0.3, -0.25) is 0 Å². The Bertz CT molecular complexity index is 374. The molecule has 0 unspecified atom stereocenters. The highest BCUT2D eigenvalue weighted by molar-refractivity contribution is 9.10. The molecule has 0 spiro atoms. The summed E-state index contributed by atoms with van der Waals surface area (Å²) in [6, 6.07) is 8.79. The number of halogens is 1. The highest BCUT2D eigenvalue weighted by Gasteiger charge is 2.52. The molecule has 15 heavy (non-hydrogen) atoms. The SMILES string of the molecule is NC1(CC2(c3ccc(Br)cc3)CC2)CC1. The summed E-state index contributed by atoms with van der Waals surface area (Å²) in [4.78, 5) is 0. The van der Waals surface area contributed by atoms with E-state index in [1.54, 1.807) is 0 Å². The Balaban J connectivity index is 1.83. The van der Waals surface area contributed by atoms with Crippen LogP contribution >= 0.6 is 15.9 Å². The predicted molar refractivity (Wildman–Crippen MR) is 65.8 cm³/mol. The quantitative estimate of drug-likeness (QED) is 0.891. The van der Waals surface area contributed by atoms with E-state index in [2.05, 4.69) is 40.2 Å². The molecule has 0 aromatic heterocycles. The van der Waals surface area contributed by atoms with Crippen LogP contribution in [0, 0.1) is 0 Å². The molecule has 2 N–H and O–H groups in total. The maximum atomic E-state index is 6.23. The summed E-state index contributed by atoms with van der Waals surface area (Å²) in [5.74, 6) is 0. The van der Waals surface area contributed by atoms with Crippen molar-refractivity contribution in [3.63, 3.8) is 0 Å². The van der Waals surface area contributed by atoms with Crippen molar-refractivity contribution in [3.8, 4) is 0 Å². The van der Waals surface area contributed by atoms with Crippen LogP contribution < -0.4 is 5.73 Å². The largest absolute Gasteiger partial charge is 0.325 e. The van der Waals surface area contributed by atoms with E-state index in [9.17, 15) is 0 Å². The minimum Gasteiger partial charge on any atom is -0.325 e. The van der Waals surface area contributed by atoms with Gasteiger partial charge in [0.25, 0.3) is 0 Å². The Hall–Kier alpha value is -0.340. The van der Waals surface area contributed by atoms with E-state index in [0.717, 1.165) is 4.47 Å². The first-order valence-corrected chi connectivity index (χ1v) is 6.46. The van der Waals surface area contributed by atoms with Gasteiger partial charge in [-0.05, 0) is 55.2 Å². The number of hydrogen-bond acceptors (Lipinski definition) is 1. The first-order chi connectivity index (χ1) is 7.12. The van der Waals surface area contributed by atoms with Crippen LogP contribution in [0.2, 0.25) is 0 Å². The first-order valence-electron chi connectivity index (χ1n) is 5.67. The van der Waals surface area contributed by atoms with Gasteiger partial charge >= 0.3 is 0 Å². The van der Waals surface area contributed by atoms with Gasteiger partial charge in [-0.25, -0.2) is 0 Å². The fourth-order valence-corrected chi connectivity index (χ4v) is 2.80. The number of hydrogen-bond donors (Lipinski definition) is 1. The minimum absolute atomic E-state index is 0.184. The van der Waals surface area contributed by atoms with Crippen LogP contribution in [-0.2, 0) is 5.41 Å². The van der Waals surface area contributed by atoms with Gasteiger partial charge in [0.15, 0.2) is 0 Å². The molecule has 0 amide bonds. The van der Waals surface area contributed by atoms with Gasteiger partial charge in [0.2, 0.25) is 0 Å². The molecule has 2 aliphatic carbocycles. The molecule has 2 heteroatoms. The number of benzene rings is 1. The van der Waals surface area contributed by atoms with Gasteiger partial charge in [-0.1, -0.05) is 28.1 Å². The lowest BCUT2D eigenvalue weighted by atomic mass is 9.88. The van der Waals surface area contributed by atoms with E-state index in [-0.39, 0.29) is 5.54 Å². The van der Waals surface area contributed by atoms with Crippen molar-refractivity contribution >= 4 is 15.9 Å². The van der Waals surface area contributed by atoms with Crippen LogP contribution in [0.3, 0.4) is 0 Å². The molecule has 2 fully saturated rings. The van der Waals surface area contributed by atoms with Crippen molar-refractivity contribution in [1.82, 2.24) is 0 Å². The normalized spacial score (nSPS) is 24.9. The maximum absolute atomic E-state index is 6.23. The van der Waals surface area contributed by atoms with Crippen LogP contribution in [0.1, 0.15) is 37.7 Å². The average Bonchev–Trinajstić information content (AvgIpc) is 3.10. The second-order valence-corrected chi connectivity index (χ2v) is 6.24. The first kappa shape index (κ1) is 9.86. The molecule has 0 atom stereocenters. The van der Waals surface area contributed by atoms with Crippen LogP contribution in [0.5, 0.6) is 0 Å². The van der Waals surface area contributed by atoms with Gasteiger partial charge in [0.05, 0.1) is 0 Å². The van der Waals surface area contributed by atoms with Crippen molar-refractivity contribution in [1.29, 1.82) is 0 Å². The Labute approximate surface area is 99.2 Å². The van der Waals surface area contributed by atoms with Crippen molar-refractivity contribution in [2.24, 2.45) is 5.73 Å². The molecule has 2 aliphatic rings. The van der Waals surface area contributed by atoms with E-state index < -0.39 is 0 Å². The summed E-state index contributed by atoms with van der Waals surface area (Å²) in [6.07, 6.45) is 6.30. The third kappa shape index (κ3) is 1.85. The minimum atomic E-state index is 0.184. The fraction of sp³-hybridized carbons (Fsp3) is 0.538. The zero-order chi connectivity index (χ0) is 10.5. The van der Waals surface area contributed by atoms with Crippen molar-refractivity contribution in [2.75, 3.05) is 0 Å². The highest BCUT2D eigenvalue weighted by atomic mass is 79.9. The Morgan fingerprint density at radius 1 is 1.07 bits per heavy atom. The van der Waals surface area contributed by atoms with Crippen LogP contribution in [-0.4, -0.2) is 5.54 Å². The smallest absolute Gasteiger partial charge is 0.0175 e. The molecular formula is C13H16BrN. The Kier molecular flexibility index (Phi) is 2.02. The van der Waals surface area contributed by atoms with Gasteiger partial charge in [-0.2, -0.15) is 0 Å². The fourth-order valence-electron chi connectivity index (χ4n) is 2.53. The van der Waals surface area contributed by atoms with Crippen molar-refractivity contribution in [3.05, 3.63) is 34.3 Å². The highest BCUT2D eigenvalue weighted by Crippen LogP contribution is 2.57. The summed E-state index contributed by atoms with van der Waals surface area (Å²) in [7, 11) is 0. The van der Waals surface area contributed by atoms with E-state index in [1.165, 1.54) is 37.7 Å². The van der Waals surface area contributed by atoms with Crippen LogP contribution in [0.25, 0.3) is 0 Å². The number of nitrogens with two attached hydrogens (primary N) is 1. The van der Waals surface area contributed by atoms with Gasteiger partial charge in [-0.15, -0.1) is 0 Å². The van der Waals surface area contributed by atoms with Gasteiger partial charge < -0.3 is 5.73 Å². The second-order valence-electron chi connectivity index (χ2n) is 5.33. The molecule has 2 saturated carbocycles. The predicted octanol–water partition coefficient (Wildman–Crippen LogP) is 3.36. The zero-order valence-electron chi connectivity index (χ0n) is 8.80. The van der Waals surface area contributed by atoms with Gasteiger partial charge in [0, 0.05) is 10.0 Å². The van der Waals surface area contributed by atoms with Crippen LogP contribution in [0.15, 0.2) is 28.7 Å². The third-order valence-corrected chi connectivity index (χ3v) is 4.42. The summed E-state index contributed by atoms with van der Waals surface area (Å²) in [5.41, 5.74) is 8.34. The molecule has 0 aliphatic heterocycles. The third-order valence-electron chi connectivity index (χ3n) is 3.89. The maximum Gasteiger partial charge on any atom is 0.0175 e. The molecule has 1 aromatic rings. The molecule has 1 aromatic carbocycles. The van der Waals surface area contributed by atoms with Crippen molar-refractivity contribution in [2.45, 2.75) is 43.1 Å². The lowest BCUT2D eigenvalue weighted by Crippen LogP contribution is -2.27. The molecule has 0 saturated heterocycles. The van der Waals surface area contributed by atoms with E-state index in [0.29, 0.717) is 5.41 Å². The summed E-state index contributed by atoms with van der Waals surface area (Å²) >= 11 is 3.48. The summed E-state index contributed by atoms with van der Waals surface area (Å²) in [6.45, 7) is 0. The molecule has 80 valence electrons. The topological polar surface area (TPSA) is 26.0 Å². The Morgan fingerprint density at radius 3 is 2.13 bits per heavy atom. The van der Waals surface area contributed by atoms with E-state index in [4.69, 9.17) is 5.73 Å². The van der Waals surface area contributed by atoms with Gasteiger partial charge in [0.1, 0.15) is 0 Å². The number of rotatable bonds is 3. The molecule has 0 heterocycles. The summed E-state index contributed by atoms with van der Waals surface area (Å²) in [5, 5.41) is 0. The molecule has 3 rings (SSSR count). The van der Waals surface area contributed by atoms with E-state index >= 15 is 0 Å². The molecule has 1 nitrogen and oxygen atoms in total. The lowest BCUT2D eigenvalue weighted by molar-refractivity contribution is 0.504. The second kappa shape index (κ2) is 3.08. The molecule has 0 bridgehead atoms. The van der Waals surface area contributed by atoms with Crippen molar-refractivity contribution < 1.29 is 0 Å². The standard InChI is InChI=1S/C13H16BrN/c14-11-3-1-10(2-4-11)12(5-6-12)9-13(15)7-8-13/h1-4H,5-9,15H2. The van der Waals surface area contributed by atoms with E-state index in [1.807, 2.05) is 0 Å². The summed E-state index contributed by atoms with van der Waals surface area (Å²) < 4.78 is 1.16. The lowest BCUT2D eigenvalue weighted by Gasteiger charge is -2.20. The zero-order valence-corrected chi connectivity index (χ0v) is 10.4. The average molecular weight is 266 g/mol.